The van der Waals surface area contributed by atoms with Gasteiger partial charge in [0.2, 0.25) is 0 Å². The highest BCUT2D eigenvalue weighted by Crippen LogP contribution is 2.29. The highest BCUT2D eigenvalue weighted by Gasteiger charge is 2.16. The van der Waals surface area contributed by atoms with Crippen molar-refractivity contribution in [3.05, 3.63) is 37.5 Å². The number of rotatable bonds is 6. The molecule has 0 amide bonds. The van der Waals surface area contributed by atoms with Gasteiger partial charge >= 0.3 is 0 Å². The van der Waals surface area contributed by atoms with E-state index in [2.05, 4.69) is 49.4 Å². The van der Waals surface area contributed by atoms with Gasteiger partial charge in [-0.25, -0.2) is 4.98 Å². The van der Waals surface area contributed by atoms with E-state index in [1.807, 2.05) is 11.3 Å². The average Bonchev–Trinajstić information content (AvgIpc) is 2.92. The van der Waals surface area contributed by atoms with Gasteiger partial charge < -0.3 is 5.32 Å². The average molecular weight is 294 g/mol. The van der Waals surface area contributed by atoms with E-state index in [4.69, 9.17) is 0 Å². The van der Waals surface area contributed by atoms with Crippen LogP contribution in [-0.2, 0) is 6.42 Å². The number of hydrogen-bond acceptors (Lipinski definition) is 4. The van der Waals surface area contributed by atoms with E-state index in [1.54, 1.807) is 11.3 Å². The lowest BCUT2D eigenvalue weighted by Crippen LogP contribution is -2.23. The second-order valence-corrected chi connectivity index (χ2v) is 7.31. The van der Waals surface area contributed by atoms with Crippen molar-refractivity contribution >= 4 is 22.7 Å². The van der Waals surface area contributed by atoms with Crippen molar-refractivity contribution in [2.75, 3.05) is 6.54 Å². The lowest BCUT2D eigenvalue weighted by Gasteiger charge is -2.16. The van der Waals surface area contributed by atoms with Gasteiger partial charge in [-0.2, -0.15) is 0 Å². The van der Waals surface area contributed by atoms with E-state index in [0.29, 0.717) is 6.04 Å². The number of aryl methyl sites for hydroxylation is 3. The second-order valence-electron chi connectivity index (χ2n) is 4.96. The van der Waals surface area contributed by atoms with Gasteiger partial charge in [0.1, 0.15) is 0 Å². The molecule has 19 heavy (non-hydrogen) atoms. The van der Waals surface area contributed by atoms with Gasteiger partial charge in [0.05, 0.1) is 10.7 Å². The first-order valence-electron chi connectivity index (χ1n) is 6.81. The molecule has 2 aromatic rings. The number of thiophene rings is 1. The summed E-state index contributed by atoms with van der Waals surface area (Å²) >= 11 is 3.65. The molecule has 0 aromatic carbocycles. The van der Waals surface area contributed by atoms with Crippen LogP contribution in [0.25, 0.3) is 0 Å². The first-order chi connectivity index (χ1) is 9.10. The molecule has 2 aromatic heterocycles. The minimum atomic E-state index is 0.402. The Hall–Kier alpha value is -0.710. The highest BCUT2D eigenvalue weighted by molar-refractivity contribution is 7.12. The molecule has 0 fully saturated rings. The fourth-order valence-corrected chi connectivity index (χ4v) is 3.82. The van der Waals surface area contributed by atoms with Gasteiger partial charge in [-0.3, -0.25) is 0 Å². The van der Waals surface area contributed by atoms with Crippen molar-refractivity contribution in [2.45, 2.75) is 46.6 Å². The summed E-state index contributed by atoms with van der Waals surface area (Å²) in [5, 5.41) is 7.00. The zero-order valence-electron chi connectivity index (χ0n) is 12.1. The van der Waals surface area contributed by atoms with E-state index < -0.39 is 0 Å². The third-order valence-electron chi connectivity index (χ3n) is 3.25. The Morgan fingerprint density at radius 2 is 2.11 bits per heavy atom. The Labute approximate surface area is 123 Å². The molecule has 4 heteroatoms. The predicted octanol–water partition coefficient (Wildman–Crippen LogP) is 4.41. The summed E-state index contributed by atoms with van der Waals surface area (Å²) in [5.41, 5.74) is 2.61. The van der Waals surface area contributed by atoms with Crippen LogP contribution >= 0.6 is 22.7 Å². The molecule has 0 saturated heterocycles. The minimum absolute atomic E-state index is 0.402. The molecule has 0 bridgehead atoms. The molecule has 0 saturated carbocycles. The molecule has 0 aliphatic carbocycles. The molecule has 0 radical (unpaired) electrons. The smallest absolute Gasteiger partial charge is 0.0897 e. The summed E-state index contributed by atoms with van der Waals surface area (Å²) in [7, 11) is 0. The molecule has 0 aliphatic rings. The molecule has 104 valence electrons. The molecular weight excluding hydrogens is 272 g/mol. The molecule has 1 atom stereocenters. The standard InChI is InChI=1S/C15H22N2S2/c1-5-6-16-14(8-13-9-18-12(4)17-13)15-7-10(2)11(3)19-15/h7,9,14,16H,5-6,8H2,1-4H3. The number of nitrogens with zero attached hydrogens (tertiary/aromatic N) is 1. The Morgan fingerprint density at radius 3 is 2.63 bits per heavy atom. The van der Waals surface area contributed by atoms with E-state index in [0.717, 1.165) is 24.4 Å². The SMILES string of the molecule is CCCNC(Cc1csc(C)n1)c1cc(C)c(C)s1. The number of aromatic nitrogens is 1. The Bertz CT molecular complexity index is 508. The normalized spacial score (nSPS) is 12.8. The molecule has 2 heterocycles. The quantitative estimate of drug-likeness (QED) is 0.853. The third-order valence-corrected chi connectivity index (χ3v) is 5.34. The summed E-state index contributed by atoms with van der Waals surface area (Å²) in [6.07, 6.45) is 2.15. The maximum absolute atomic E-state index is 4.60. The number of thiazole rings is 1. The van der Waals surface area contributed by atoms with E-state index in [-0.39, 0.29) is 0 Å². The lowest BCUT2D eigenvalue weighted by molar-refractivity contribution is 0.532. The Balaban J connectivity index is 2.15. The zero-order valence-corrected chi connectivity index (χ0v) is 13.8. The fraction of sp³-hybridized carbons (Fsp3) is 0.533. The van der Waals surface area contributed by atoms with Crippen LogP contribution in [0.4, 0.5) is 0 Å². The van der Waals surface area contributed by atoms with E-state index >= 15 is 0 Å². The number of nitrogens with one attached hydrogen (secondary N) is 1. The summed E-state index contributed by atoms with van der Waals surface area (Å²) < 4.78 is 0. The van der Waals surface area contributed by atoms with Gasteiger partial charge in [-0.05, 0) is 45.4 Å². The van der Waals surface area contributed by atoms with Crippen molar-refractivity contribution in [2.24, 2.45) is 0 Å². The van der Waals surface area contributed by atoms with Gasteiger partial charge in [0.25, 0.3) is 0 Å². The molecule has 0 aliphatic heterocycles. The first-order valence-corrected chi connectivity index (χ1v) is 8.51. The van der Waals surface area contributed by atoms with Crippen molar-refractivity contribution in [1.29, 1.82) is 0 Å². The largest absolute Gasteiger partial charge is 0.309 e. The van der Waals surface area contributed by atoms with Gasteiger partial charge in [0, 0.05) is 27.6 Å². The van der Waals surface area contributed by atoms with Crippen LogP contribution in [0.15, 0.2) is 11.4 Å². The van der Waals surface area contributed by atoms with Crippen molar-refractivity contribution < 1.29 is 0 Å². The predicted molar refractivity (Wildman–Crippen MR) is 85.4 cm³/mol. The van der Waals surface area contributed by atoms with Gasteiger partial charge in [-0.15, -0.1) is 22.7 Å². The van der Waals surface area contributed by atoms with Crippen molar-refractivity contribution in [3.63, 3.8) is 0 Å². The van der Waals surface area contributed by atoms with Crippen LogP contribution in [0.5, 0.6) is 0 Å². The van der Waals surface area contributed by atoms with Crippen LogP contribution in [0.1, 0.15) is 45.4 Å². The Morgan fingerprint density at radius 1 is 1.32 bits per heavy atom. The molecule has 1 unspecified atom stereocenters. The summed E-state index contributed by atoms with van der Waals surface area (Å²) in [6, 6.07) is 2.73. The van der Waals surface area contributed by atoms with Crippen LogP contribution in [0.2, 0.25) is 0 Å². The van der Waals surface area contributed by atoms with Gasteiger partial charge in [-0.1, -0.05) is 6.92 Å². The second kappa shape index (κ2) is 6.64. The van der Waals surface area contributed by atoms with Crippen LogP contribution < -0.4 is 5.32 Å². The first kappa shape index (κ1) is 14.7. The van der Waals surface area contributed by atoms with Crippen molar-refractivity contribution in [1.82, 2.24) is 10.3 Å². The molecule has 0 spiro atoms. The summed E-state index contributed by atoms with van der Waals surface area (Å²) in [4.78, 5) is 7.46. The maximum atomic E-state index is 4.60. The monoisotopic (exact) mass is 294 g/mol. The molecule has 1 N–H and O–H groups in total. The summed E-state index contributed by atoms with van der Waals surface area (Å²) in [5.74, 6) is 0. The lowest BCUT2D eigenvalue weighted by atomic mass is 10.1. The third kappa shape index (κ3) is 3.88. The zero-order chi connectivity index (χ0) is 13.8. The van der Waals surface area contributed by atoms with Crippen LogP contribution in [-0.4, -0.2) is 11.5 Å². The molecular formula is C15H22N2S2. The molecule has 2 nitrogen and oxygen atoms in total. The Kier molecular flexibility index (Phi) is 5.13. The van der Waals surface area contributed by atoms with E-state index in [9.17, 15) is 0 Å². The minimum Gasteiger partial charge on any atom is -0.309 e. The highest BCUT2D eigenvalue weighted by atomic mass is 32.1. The van der Waals surface area contributed by atoms with Crippen molar-refractivity contribution in [3.8, 4) is 0 Å². The number of hydrogen-bond donors (Lipinski definition) is 1. The van der Waals surface area contributed by atoms with Gasteiger partial charge in [0.15, 0.2) is 0 Å². The summed E-state index contributed by atoms with van der Waals surface area (Å²) in [6.45, 7) is 9.74. The van der Waals surface area contributed by atoms with Crippen LogP contribution in [0, 0.1) is 20.8 Å². The maximum Gasteiger partial charge on any atom is 0.0897 e. The molecule has 2 rings (SSSR count). The van der Waals surface area contributed by atoms with E-state index in [1.165, 1.54) is 21.0 Å². The fourth-order valence-electron chi connectivity index (χ4n) is 2.08. The van der Waals surface area contributed by atoms with Crippen LogP contribution in [0.3, 0.4) is 0 Å². The topological polar surface area (TPSA) is 24.9 Å².